The van der Waals surface area contributed by atoms with Gasteiger partial charge in [-0.05, 0) is 67.4 Å². The number of primary amides is 1. The molecular formula is C27H22N4O5. The maximum atomic E-state index is 12.9. The molecular weight excluding hydrogens is 460 g/mol. The second-order valence-electron chi connectivity index (χ2n) is 8.39. The lowest BCUT2D eigenvalue weighted by Crippen LogP contribution is -2.35. The first kappa shape index (κ1) is 22.9. The van der Waals surface area contributed by atoms with Crippen LogP contribution in [0.3, 0.4) is 0 Å². The summed E-state index contributed by atoms with van der Waals surface area (Å²) in [6.45, 7) is 0. The van der Waals surface area contributed by atoms with Crippen LogP contribution >= 0.6 is 0 Å². The zero-order valence-electron chi connectivity index (χ0n) is 19.1. The molecule has 180 valence electrons. The van der Waals surface area contributed by atoms with E-state index in [1.165, 1.54) is 0 Å². The Kier molecular flexibility index (Phi) is 5.95. The zero-order chi connectivity index (χ0) is 25.1. The molecule has 1 aromatic heterocycles. The number of nitrogens with zero attached hydrogens (tertiary/aromatic N) is 1. The Bertz CT molecular complexity index is 1450. The van der Waals surface area contributed by atoms with Crippen LogP contribution in [0.25, 0.3) is 10.9 Å². The Labute approximate surface area is 206 Å². The molecule has 1 saturated carbocycles. The Morgan fingerprint density at radius 3 is 2.08 bits per heavy atom. The van der Waals surface area contributed by atoms with Gasteiger partial charge in [0.25, 0.3) is 0 Å². The molecule has 9 heteroatoms. The van der Waals surface area contributed by atoms with E-state index in [1.54, 1.807) is 66.9 Å². The molecule has 0 spiro atoms. The van der Waals surface area contributed by atoms with Crippen molar-refractivity contribution in [3.63, 3.8) is 0 Å². The average Bonchev–Trinajstić information content (AvgIpc) is 3.68. The van der Waals surface area contributed by atoms with Crippen LogP contribution in [0, 0.1) is 5.41 Å². The van der Waals surface area contributed by atoms with E-state index in [4.69, 9.17) is 15.2 Å². The summed E-state index contributed by atoms with van der Waals surface area (Å²) in [6, 6.07) is 22.6. The van der Waals surface area contributed by atoms with Gasteiger partial charge in [0, 0.05) is 29.0 Å². The monoisotopic (exact) mass is 482 g/mol. The number of amides is 3. The van der Waals surface area contributed by atoms with Crippen LogP contribution in [0.5, 0.6) is 17.2 Å². The molecule has 36 heavy (non-hydrogen) atoms. The smallest absolute Gasteiger partial charge is 0.409 e. The highest BCUT2D eigenvalue weighted by Crippen LogP contribution is 2.47. The fourth-order valence-corrected chi connectivity index (χ4v) is 3.81. The van der Waals surface area contributed by atoms with Gasteiger partial charge in [-0.25, -0.2) is 4.79 Å². The molecule has 3 aromatic carbocycles. The van der Waals surface area contributed by atoms with Gasteiger partial charge < -0.3 is 25.8 Å². The number of hydrogen-bond donors (Lipinski definition) is 3. The van der Waals surface area contributed by atoms with E-state index in [2.05, 4.69) is 15.6 Å². The van der Waals surface area contributed by atoms with Crippen LogP contribution < -0.4 is 25.8 Å². The summed E-state index contributed by atoms with van der Waals surface area (Å²) in [4.78, 5) is 40.9. The third-order valence-electron chi connectivity index (χ3n) is 5.88. The summed E-state index contributed by atoms with van der Waals surface area (Å²) >= 11 is 0. The molecule has 0 saturated heterocycles. The summed E-state index contributed by atoms with van der Waals surface area (Å²) in [5, 5.41) is 6.37. The molecule has 3 amide bonds. The first-order valence-electron chi connectivity index (χ1n) is 11.2. The molecule has 4 aromatic rings. The molecule has 4 N–H and O–H groups in total. The number of rotatable bonds is 7. The molecule has 0 bridgehead atoms. The Balaban J connectivity index is 1.25. The predicted molar refractivity (Wildman–Crippen MR) is 134 cm³/mol. The number of ether oxygens (including phenoxy) is 2. The van der Waals surface area contributed by atoms with Crippen molar-refractivity contribution in [2.45, 2.75) is 12.8 Å². The number of nitrogens with two attached hydrogens (primary N) is 1. The number of carbonyl (C=O) groups is 3. The van der Waals surface area contributed by atoms with Crippen molar-refractivity contribution >= 4 is 40.2 Å². The maximum Gasteiger partial charge on any atom is 0.409 e. The van der Waals surface area contributed by atoms with E-state index >= 15 is 0 Å². The lowest BCUT2D eigenvalue weighted by atomic mass is 10.0. The highest BCUT2D eigenvalue weighted by Gasteiger charge is 2.56. The summed E-state index contributed by atoms with van der Waals surface area (Å²) in [7, 11) is 0. The fraction of sp³-hybridized carbons (Fsp3) is 0.111. The number of nitrogens with one attached hydrogen (secondary N) is 2. The van der Waals surface area contributed by atoms with Crippen molar-refractivity contribution in [2.24, 2.45) is 11.1 Å². The first-order valence-corrected chi connectivity index (χ1v) is 11.2. The third-order valence-corrected chi connectivity index (χ3v) is 5.88. The number of benzene rings is 3. The summed E-state index contributed by atoms with van der Waals surface area (Å²) in [5.74, 6) is 0.738. The highest BCUT2D eigenvalue weighted by atomic mass is 16.5. The van der Waals surface area contributed by atoms with Crippen molar-refractivity contribution in [1.82, 2.24) is 4.98 Å². The number of anilines is 2. The lowest BCUT2D eigenvalue weighted by molar-refractivity contribution is -0.131. The van der Waals surface area contributed by atoms with Gasteiger partial charge in [-0.3, -0.25) is 14.6 Å². The van der Waals surface area contributed by atoms with Crippen LogP contribution in [0.1, 0.15) is 12.8 Å². The van der Waals surface area contributed by atoms with E-state index in [1.807, 2.05) is 18.2 Å². The molecule has 0 unspecified atom stereocenters. The molecule has 5 rings (SSSR count). The van der Waals surface area contributed by atoms with Crippen LogP contribution in [-0.4, -0.2) is 22.9 Å². The number of aromatic nitrogens is 1. The number of hydrogen-bond acceptors (Lipinski definition) is 6. The van der Waals surface area contributed by atoms with Gasteiger partial charge in [0.05, 0.1) is 5.52 Å². The minimum atomic E-state index is -1.06. The standard InChI is InChI=1S/C27H22N4O5/c28-26(34)36-20-10-11-21-22(16-20)29-15-12-23(21)35-19-8-6-18(7-9-19)31-25(33)27(13-14-27)24(32)30-17-4-2-1-3-5-17/h1-12,15-16H,13-14H2,(H2,28,34)(H,30,32)(H,31,33). The van der Waals surface area contributed by atoms with Crippen LogP contribution in [0.4, 0.5) is 16.2 Å². The molecule has 9 nitrogen and oxygen atoms in total. The highest BCUT2D eigenvalue weighted by molar-refractivity contribution is 6.16. The van der Waals surface area contributed by atoms with Gasteiger partial charge in [0.1, 0.15) is 22.7 Å². The van der Waals surface area contributed by atoms with Gasteiger partial charge in [0.2, 0.25) is 11.8 Å². The van der Waals surface area contributed by atoms with Gasteiger partial charge in [-0.2, -0.15) is 0 Å². The molecule has 0 aliphatic heterocycles. The van der Waals surface area contributed by atoms with Crippen molar-refractivity contribution in [3.8, 4) is 17.2 Å². The van der Waals surface area contributed by atoms with Gasteiger partial charge >= 0.3 is 6.09 Å². The van der Waals surface area contributed by atoms with E-state index in [9.17, 15) is 14.4 Å². The number of pyridine rings is 1. The van der Waals surface area contributed by atoms with Crippen LogP contribution in [-0.2, 0) is 9.59 Å². The zero-order valence-corrected chi connectivity index (χ0v) is 19.1. The Morgan fingerprint density at radius 1 is 0.806 bits per heavy atom. The van der Waals surface area contributed by atoms with Crippen LogP contribution in [0.2, 0.25) is 0 Å². The summed E-state index contributed by atoms with van der Waals surface area (Å²) < 4.78 is 10.9. The predicted octanol–water partition coefficient (Wildman–Crippen LogP) is 4.84. The van der Waals surface area contributed by atoms with Crippen LogP contribution in [0.15, 0.2) is 85.1 Å². The molecule has 1 aliphatic carbocycles. The van der Waals surface area contributed by atoms with E-state index in [-0.39, 0.29) is 17.6 Å². The van der Waals surface area contributed by atoms with E-state index in [0.717, 1.165) is 0 Å². The first-order chi connectivity index (χ1) is 17.4. The fourth-order valence-electron chi connectivity index (χ4n) is 3.81. The quantitative estimate of drug-likeness (QED) is 0.323. The normalized spacial score (nSPS) is 13.4. The van der Waals surface area contributed by atoms with E-state index < -0.39 is 11.5 Å². The number of carbonyl (C=O) groups excluding carboxylic acids is 3. The topological polar surface area (TPSA) is 133 Å². The van der Waals surface area contributed by atoms with E-state index in [0.29, 0.717) is 46.6 Å². The summed E-state index contributed by atoms with van der Waals surface area (Å²) in [5.41, 5.74) is 5.78. The lowest BCUT2D eigenvalue weighted by Gasteiger charge is -2.16. The molecule has 1 fully saturated rings. The van der Waals surface area contributed by atoms with Gasteiger partial charge in [0.15, 0.2) is 0 Å². The Morgan fingerprint density at radius 2 is 1.44 bits per heavy atom. The second kappa shape index (κ2) is 9.38. The van der Waals surface area contributed by atoms with Crippen molar-refractivity contribution in [3.05, 3.63) is 85.1 Å². The average molecular weight is 482 g/mol. The molecule has 1 heterocycles. The maximum absolute atomic E-state index is 12.9. The second-order valence-corrected chi connectivity index (χ2v) is 8.39. The number of para-hydroxylation sites is 1. The Hall–Kier alpha value is -4.92. The largest absolute Gasteiger partial charge is 0.457 e. The third kappa shape index (κ3) is 4.80. The SMILES string of the molecule is NC(=O)Oc1ccc2c(Oc3ccc(NC(=O)C4(C(=O)Nc5ccccc5)CC4)cc3)ccnc2c1. The molecule has 1 aliphatic rings. The van der Waals surface area contributed by atoms with Gasteiger partial charge in [-0.15, -0.1) is 0 Å². The minimum Gasteiger partial charge on any atom is -0.457 e. The number of fused-ring (bicyclic) bond motifs is 1. The minimum absolute atomic E-state index is 0.283. The molecule has 0 atom stereocenters. The van der Waals surface area contributed by atoms with Crippen molar-refractivity contribution in [1.29, 1.82) is 0 Å². The summed E-state index contributed by atoms with van der Waals surface area (Å²) in [6.07, 6.45) is 1.67. The molecule has 0 radical (unpaired) electrons. The van der Waals surface area contributed by atoms with Crippen molar-refractivity contribution < 1.29 is 23.9 Å². The van der Waals surface area contributed by atoms with Crippen molar-refractivity contribution in [2.75, 3.05) is 10.6 Å². The van der Waals surface area contributed by atoms with Gasteiger partial charge in [-0.1, -0.05) is 18.2 Å².